The van der Waals surface area contributed by atoms with Crippen molar-refractivity contribution in [2.24, 2.45) is 5.73 Å². The zero-order chi connectivity index (χ0) is 11.6. The second-order valence-electron chi connectivity index (χ2n) is 3.95. The first-order valence-corrected chi connectivity index (χ1v) is 6.70. The zero-order valence-corrected chi connectivity index (χ0v) is 11.0. The summed E-state index contributed by atoms with van der Waals surface area (Å²) in [4.78, 5) is 4.07. The molecule has 1 saturated heterocycles. The fourth-order valence-corrected chi connectivity index (χ4v) is 3.34. The van der Waals surface area contributed by atoms with Crippen molar-refractivity contribution in [3.05, 3.63) is 24.5 Å². The molecule has 2 rings (SSSR count). The summed E-state index contributed by atoms with van der Waals surface area (Å²) in [6.07, 6.45) is 4.64. The van der Waals surface area contributed by atoms with E-state index in [0.29, 0.717) is 13.1 Å². The predicted octanol–water partition coefficient (Wildman–Crippen LogP) is 0.615. The summed E-state index contributed by atoms with van der Waals surface area (Å²) in [6.45, 7) is 0.947. The van der Waals surface area contributed by atoms with Gasteiger partial charge in [-0.1, -0.05) is 0 Å². The number of pyridine rings is 1. The van der Waals surface area contributed by atoms with Gasteiger partial charge in [-0.2, -0.15) is 4.31 Å². The van der Waals surface area contributed by atoms with Crippen LogP contribution in [0, 0.1) is 0 Å². The number of hydrogen-bond acceptors (Lipinski definition) is 4. The molecule has 7 heteroatoms. The van der Waals surface area contributed by atoms with Crippen LogP contribution in [0.3, 0.4) is 0 Å². The van der Waals surface area contributed by atoms with Gasteiger partial charge in [0, 0.05) is 31.5 Å². The quantitative estimate of drug-likeness (QED) is 0.860. The topological polar surface area (TPSA) is 76.3 Å². The molecule has 0 bridgehead atoms. The maximum atomic E-state index is 12.2. The highest BCUT2D eigenvalue weighted by Crippen LogP contribution is 2.18. The number of sulfonamides is 1. The summed E-state index contributed by atoms with van der Waals surface area (Å²) in [7, 11) is -3.40. The van der Waals surface area contributed by atoms with Crippen molar-refractivity contribution < 1.29 is 8.42 Å². The lowest BCUT2D eigenvalue weighted by atomic mass is 10.1. The molecule has 0 amide bonds. The highest BCUT2D eigenvalue weighted by atomic mass is 35.5. The average molecular weight is 278 g/mol. The van der Waals surface area contributed by atoms with Crippen LogP contribution in [-0.2, 0) is 10.0 Å². The fraction of sp³-hybridized carbons (Fsp3) is 0.500. The number of piperidine rings is 1. The van der Waals surface area contributed by atoms with Gasteiger partial charge in [-0.25, -0.2) is 8.42 Å². The standard InChI is InChI=1S/C10H15N3O2S.ClH/c11-9-3-2-6-13(8-9)16(14,15)10-4-1-5-12-7-10;/h1,4-5,7,9H,2-3,6,8,11H2;1H/t9-;/m1./s1. The molecule has 0 unspecified atom stereocenters. The molecule has 0 aromatic carbocycles. The lowest BCUT2D eigenvalue weighted by molar-refractivity contribution is 0.316. The predicted molar refractivity (Wildman–Crippen MR) is 67.5 cm³/mol. The third-order valence-electron chi connectivity index (χ3n) is 2.69. The number of nitrogens with zero attached hydrogens (tertiary/aromatic N) is 2. The minimum Gasteiger partial charge on any atom is -0.327 e. The first kappa shape index (κ1) is 14.4. The van der Waals surface area contributed by atoms with Crippen LogP contribution < -0.4 is 5.73 Å². The Bertz CT molecular complexity index is 452. The summed E-state index contributed by atoms with van der Waals surface area (Å²) >= 11 is 0. The van der Waals surface area contributed by atoms with E-state index in [4.69, 9.17) is 5.73 Å². The molecule has 2 heterocycles. The molecule has 1 fully saturated rings. The van der Waals surface area contributed by atoms with Crippen LogP contribution in [0.5, 0.6) is 0 Å². The molecular formula is C10H16ClN3O2S. The van der Waals surface area contributed by atoms with Crippen LogP contribution in [0.2, 0.25) is 0 Å². The molecule has 1 aliphatic rings. The van der Waals surface area contributed by atoms with Crippen LogP contribution in [0.25, 0.3) is 0 Å². The van der Waals surface area contributed by atoms with Crippen LogP contribution in [-0.4, -0.2) is 36.8 Å². The summed E-state index contributed by atoms with van der Waals surface area (Å²) in [5, 5.41) is 0. The molecule has 1 aromatic heterocycles. The van der Waals surface area contributed by atoms with Crippen molar-refractivity contribution in [3.8, 4) is 0 Å². The lowest BCUT2D eigenvalue weighted by Gasteiger charge is -2.29. The maximum Gasteiger partial charge on any atom is 0.244 e. The number of aromatic nitrogens is 1. The van der Waals surface area contributed by atoms with Crippen molar-refractivity contribution in [3.63, 3.8) is 0 Å². The highest BCUT2D eigenvalue weighted by Gasteiger charge is 2.28. The summed E-state index contributed by atoms with van der Waals surface area (Å²) in [5.41, 5.74) is 5.78. The largest absolute Gasteiger partial charge is 0.327 e. The minimum atomic E-state index is -3.40. The van der Waals surface area contributed by atoms with E-state index in [1.54, 1.807) is 18.3 Å². The van der Waals surface area contributed by atoms with Gasteiger partial charge in [0.15, 0.2) is 0 Å². The summed E-state index contributed by atoms with van der Waals surface area (Å²) in [5.74, 6) is 0. The van der Waals surface area contributed by atoms with Crippen LogP contribution in [0.15, 0.2) is 29.4 Å². The van der Waals surface area contributed by atoms with Gasteiger partial charge in [0.1, 0.15) is 4.90 Å². The molecule has 96 valence electrons. The van der Waals surface area contributed by atoms with E-state index >= 15 is 0 Å². The first-order valence-electron chi connectivity index (χ1n) is 5.26. The molecule has 1 aromatic rings. The fourth-order valence-electron chi connectivity index (χ4n) is 1.84. The normalized spacial score (nSPS) is 21.8. The summed E-state index contributed by atoms with van der Waals surface area (Å²) < 4.78 is 25.8. The van der Waals surface area contributed by atoms with Crippen LogP contribution in [0.4, 0.5) is 0 Å². The van der Waals surface area contributed by atoms with Gasteiger partial charge < -0.3 is 5.73 Å². The second kappa shape index (κ2) is 5.77. The van der Waals surface area contributed by atoms with Crippen molar-refractivity contribution in [1.29, 1.82) is 0 Å². The van der Waals surface area contributed by atoms with Gasteiger partial charge in [0.05, 0.1) is 0 Å². The van der Waals surface area contributed by atoms with Crippen molar-refractivity contribution in [2.75, 3.05) is 13.1 Å². The van der Waals surface area contributed by atoms with E-state index in [9.17, 15) is 8.42 Å². The number of rotatable bonds is 2. The molecular weight excluding hydrogens is 262 g/mol. The van der Waals surface area contributed by atoms with Gasteiger partial charge in [0.25, 0.3) is 0 Å². The Morgan fingerprint density at radius 1 is 1.47 bits per heavy atom. The lowest BCUT2D eigenvalue weighted by Crippen LogP contribution is -2.45. The molecule has 0 aliphatic carbocycles. The maximum absolute atomic E-state index is 12.2. The highest BCUT2D eigenvalue weighted by molar-refractivity contribution is 7.89. The third kappa shape index (κ3) is 3.16. The molecule has 0 saturated carbocycles. The van der Waals surface area contributed by atoms with E-state index in [-0.39, 0.29) is 23.3 Å². The molecule has 0 spiro atoms. The Balaban J connectivity index is 0.00000144. The van der Waals surface area contributed by atoms with Crippen LogP contribution >= 0.6 is 12.4 Å². The van der Waals surface area contributed by atoms with Gasteiger partial charge in [-0.05, 0) is 25.0 Å². The SMILES string of the molecule is Cl.N[C@@H]1CCCN(S(=O)(=O)c2cccnc2)C1. The number of nitrogens with two attached hydrogens (primary N) is 1. The van der Waals surface area contributed by atoms with Crippen molar-refractivity contribution in [1.82, 2.24) is 9.29 Å². The summed E-state index contributed by atoms with van der Waals surface area (Å²) in [6, 6.07) is 3.12. The van der Waals surface area contributed by atoms with E-state index in [1.165, 1.54) is 10.5 Å². The minimum absolute atomic E-state index is 0. The molecule has 1 atom stereocenters. The molecule has 2 N–H and O–H groups in total. The third-order valence-corrected chi connectivity index (χ3v) is 4.54. The molecule has 17 heavy (non-hydrogen) atoms. The van der Waals surface area contributed by atoms with Gasteiger partial charge in [-0.3, -0.25) is 4.98 Å². The first-order chi connectivity index (χ1) is 7.60. The van der Waals surface area contributed by atoms with Crippen LogP contribution in [0.1, 0.15) is 12.8 Å². The van der Waals surface area contributed by atoms with Gasteiger partial charge in [0.2, 0.25) is 10.0 Å². The number of halogens is 1. The van der Waals surface area contributed by atoms with E-state index in [1.807, 2.05) is 0 Å². The Labute approximate surface area is 107 Å². The molecule has 0 radical (unpaired) electrons. The zero-order valence-electron chi connectivity index (χ0n) is 9.32. The molecule has 5 nitrogen and oxygen atoms in total. The number of hydrogen-bond donors (Lipinski definition) is 1. The Morgan fingerprint density at radius 3 is 2.82 bits per heavy atom. The van der Waals surface area contributed by atoms with Gasteiger partial charge >= 0.3 is 0 Å². The van der Waals surface area contributed by atoms with E-state index < -0.39 is 10.0 Å². The second-order valence-corrected chi connectivity index (χ2v) is 5.89. The van der Waals surface area contributed by atoms with Gasteiger partial charge in [-0.15, -0.1) is 12.4 Å². The monoisotopic (exact) mass is 277 g/mol. The van der Waals surface area contributed by atoms with E-state index in [2.05, 4.69) is 4.98 Å². The average Bonchev–Trinajstić information content (AvgIpc) is 2.30. The van der Waals surface area contributed by atoms with Crippen molar-refractivity contribution in [2.45, 2.75) is 23.8 Å². The van der Waals surface area contributed by atoms with Crippen molar-refractivity contribution >= 4 is 22.4 Å². The molecule has 1 aliphatic heterocycles. The van der Waals surface area contributed by atoms with E-state index in [0.717, 1.165) is 12.8 Å². The Hall–Kier alpha value is -0.690. The Kier molecular flexibility index (Phi) is 4.88. The smallest absolute Gasteiger partial charge is 0.244 e. The Morgan fingerprint density at radius 2 is 2.24 bits per heavy atom.